The zero-order valence-corrected chi connectivity index (χ0v) is 12.2. The summed E-state index contributed by atoms with van der Waals surface area (Å²) in [6, 6.07) is 6.65. The van der Waals surface area contributed by atoms with Gasteiger partial charge in [0.05, 0.1) is 0 Å². The van der Waals surface area contributed by atoms with Crippen LogP contribution in [0.25, 0.3) is 11.1 Å². The van der Waals surface area contributed by atoms with Crippen molar-refractivity contribution in [3.63, 3.8) is 0 Å². The maximum Gasteiger partial charge on any atom is 0.198 e. The average Bonchev–Trinajstić information content (AvgIpc) is 2.69. The molecule has 3 rings (SSSR count). The predicted octanol–water partition coefficient (Wildman–Crippen LogP) is 3.93. The summed E-state index contributed by atoms with van der Waals surface area (Å²) in [6.45, 7) is 5.92. The fraction of sp³-hybridized carbons (Fsp3) is 0.562. The van der Waals surface area contributed by atoms with E-state index in [0.717, 1.165) is 55.2 Å². The molecule has 0 spiro atoms. The van der Waals surface area contributed by atoms with Gasteiger partial charge in [-0.2, -0.15) is 0 Å². The van der Waals surface area contributed by atoms with Gasteiger partial charge < -0.3 is 14.5 Å². The van der Waals surface area contributed by atoms with Gasteiger partial charge >= 0.3 is 0 Å². The van der Waals surface area contributed by atoms with Crippen molar-refractivity contribution in [2.75, 3.05) is 18.5 Å². The van der Waals surface area contributed by atoms with Crippen molar-refractivity contribution in [1.82, 2.24) is 4.98 Å². The molecular weight excluding hydrogens is 252 g/mol. The first kappa shape index (κ1) is 13.4. The number of benzene rings is 1. The summed E-state index contributed by atoms with van der Waals surface area (Å²) in [7, 11) is 0. The van der Waals surface area contributed by atoms with Crippen LogP contribution in [0.1, 0.15) is 44.9 Å². The van der Waals surface area contributed by atoms with Crippen LogP contribution >= 0.6 is 0 Å². The third kappa shape index (κ3) is 2.96. The van der Waals surface area contributed by atoms with Crippen LogP contribution in [0.3, 0.4) is 0 Å². The van der Waals surface area contributed by atoms with Gasteiger partial charge in [0.15, 0.2) is 11.5 Å². The largest absolute Gasteiger partial charge is 0.440 e. The molecule has 1 aromatic heterocycles. The predicted molar refractivity (Wildman–Crippen MR) is 80.2 cm³/mol. The van der Waals surface area contributed by atoms with E-state index >= 15 is 0 Å². The van der Waals surface area contributed by atoms with Crippen molar-refractivity contribution in [1.29, 1.82) is 0 Å². The van der Waals surface area contributed by atoms with Crippen molar-refractivity contribution in [3.8, 4) is 0 Å². The number of fused-ring (bicyclic) bond motifs is 1. The van der Waals surface area contributed by atoms with Gasteiger partial charge in [-0.15, -0.1) is 0 Å². The Balaban J connectivity index is 1.77. The summed E-state index contributed by atoms with van der Waals surface area (Å²) in [4.78, 5) is 4.55. The van der Waals surface area contributed by atoms with Gasteiger partial charge in [-0.3, -0.25) is 0 Å². The highest BCUT2D eigenvalue weighted by atomic mass is 16.5. The van der Waals surface area contributed by atoms with Crippen LogP contribution in [0, 0.1) is 0 Å². The van der Waals surface area contributed by atoms with Crippen molar-refractivity contribution >= 4 is 16.8 Å². The fourth-order valence-corrected chi connectivity index (χ4v) is 2.57. The highest BCUT2D eigenvalue weighted by molar-refractivity contribution is 5.77. The Morgan fingerprint density at radius 1 is 1.25 bits per heavy atom. The van der Waals surface area contributed by atoms with Crippen LogP contribution < -0.4 is 5.32 Å². The molecule has 1 atom stereocenters. The first-order valence-electron chi connectivity index (χ1n) is 7.47. The topological polar surface area (TPSA) is 47.3 Å². The highest BCUT2D eigenvalue weighted by Crippen LogP contribution is 2.25. The molecular formula is C16H22N2O2. The summed E-state index contributed by atoms with van der Waals surface area (Å²) >= 11 is 0. The van der Waals surface area contributed by atoms with Gasteiger partial charge in [0.1, 0.15) is 5.52 Å². The Morgan fingerprint density at radius 3 is 3.00 bits per heavy atom. The number of hydrogen-bond acceptors (Lipinski definition) is 4. The van der Waals surface area contributed by atoms with Gasteiger partial charge in [0.25, 0.3) is 0 Å². The number of anilines is 1. The van der Waals surface area contributed by atoms with E-state index in [4.69, 9.17) is 9.15 Å². The van der Waals surface area contributed by atoms with Crippen LogP contribution in [0.5, 0.6) is 0 Å². The number of hydrogen-bond donors (Lipinski definition) is 1. The van der Waals surface area contributed by atoms with E-state index in [1.54, 1.807) is 0 Å². The third-order valence-corrected chi connectivity index (χ3v) is 3.72. The van der Waals surface area contributed by atoms with Gasteiger partial charge in [-0.25, -0.2) is 4.98 Å². The Hall–Kier alpha value is -1.55. The summed E-state index contributed by atoms with van der Waals surface area (Å²) in [5.41, 5.74) is 2.92. The zero-order valence-electron chi connectivity index (χ0n) is 12.2. The summed E-state index contributed by atoms with van der Waals surface area (Å²) in [5.74, 6) is 1.12. The minimum absolute atomic E-state index is 0.317. The minimum Gasteiger partial charge on any atom is -0.440 e. The number of oxazole rings is 1. The molecule has 2 aromatic rings. The number of nitrogens with one attached hydrogen (secondary N) is 1. The molecule has 0 aliphatic carbocycles. The molecule has 1 unspecified atom stereocenters. The van der Waals surface area contributed by atoms with Crippen LogP contribution in [0.2, 0.25) is 0 Å². The van der Waals surface area contributed by atoms with E-state index in [0.29, 0.717) is 12.0 Å². The maximum atomic E-state index is 5.74. The normalized spacial score (nSPS) is 20.2. The second kappa shape index (κ2) is 5.83. The second-order valence-corrected chi connectivity index (χ2v) is 5.77. The Bertz CT molecular complexity index is 569. The monoisotopic (exact) mass is 274 g/mol. The van der Waals surface area contributed by atoms with Crippen LogP contribution in [0.4, 0.5) is 5.69 Å². The van der Waals surface area contributed by atoms with Crippen LogP contribution in [0.15, 0.2) is 22.6 Å². The first-order valence-corrected chi connectivity index (χ1v) is 7.47. The molecule has 4 nitrogen and oxygen atoms in total. The Morgan fingerprint density at radius 2 is 2.15 bits per heavy atom. The molecule has 1 saturated heterocycles. The molecule has 0 amide bonds. The van der Waals surface area contributed by atoms with Crippen molar-refractivity contribution < 1.29 is 9.15 Å². The van der Waals surface area contributed by atoms with Gasteiger partial charge in [-0.1, -0.05) is 13.8 Å². The number of ether oxygens (including phenoxy) is 1. The minimum atomic E-state index is 0.317. The summed E-state index contributed by atoms with van der Waals surface area (Å²) in [5, 5.41) is 3.59. The zero-order chi connectivity index (χ0) is 13.9. The second-order valence-electron chi connectivity index (χ2n) is 5.77. The first-order chi connectivity index (χ1) is 9.72. The Labute approximate surface area is 119 Å². The number of rotatable bonds is 3. The van der Waals surface area contributed by atoms with E-state index in [1.807, 2.05) is 6.07 Å². The molecule has 2 heterocycles. The van der Waals surface area contributed by atoms with Crippen LogP contribution in [-0.2, 0) is 4.74 Å². The quantitative estimate of drug-likeness (QED) is 0.921. The van der Waals surface area contributed by atoms with Gasteiger partial charge in [0.2, 0.25) is 0 Å². The van der Waals surface area contributed by atoms with Crippen molar-refractivity contribution in [2.45, 2.75) is 45.1 Å². The van der Waals surface area contributed by atoms with E-state index in [9.17, 15) is 0 Å². The lowest BCUT2D eigenvalue weighted by molar-refractivity contribution is 0.144. The third-order valence-electron chi connectivity index (χ3n) is 3.72. The number of aromatic nitrogens is 1. The molecule has 0 saturated carbocycles. The SMILES string of the molecule is CC(C)c1nc2cc(NC3CCCOCC3)ccc2o1. The molecule has 1 aromatic carbocycles. The molecule has 0 radical (unpaired) electrons. The van der Waals surface area contributed by atoms with Crippen LogP contribution in [-0.4, -0.2) is 24.2 Å². The molecule has 0 bridgehead atoms. The smallest absolute Gasteiger partial charge is 0.198 e. The molecule has 1 N–H and O–H groups in total. The summed E-state index contributed by atoms with van der Waals surface area (Å²) in [6.07, 6.45) is 3.35. The van der Waals surface area contributed by atoms with Gasteiger partial charge in [0, 0.05) is 30.9 Å². The summed E-state index contributed by atoms with van der Waals surface area (Å²) < 4.78 is 11.2. The average molecular weight is 274 g/mol. The molecule has 1 fully saturated rings. The maximum absolute atomic E-state index is 5.74. The lowest BCUT2D eigenvalue weighted by atomic mass is 10.1. The van der Waals surface area contributed by atoms with Crippen molar-refractivity contribution in [2.24, 2.45) is 0 Å². The molecule has 4 heteroatoms. The van der Waals surface area contributed by atoms with E-state index in [-0.39, 0.29) is 0 Å². The van der Waals surface area contributed by atoms with E-state index in [2.05, 4.69) is 36.3 Å². The lowest BCUT2D eigenvalue weighted by Gasteiger charge is -2.16. The molecule has 20 heavy (non-hydrogen) atoms. The molecule has 1 aliphatic rings. The standard InChI is InChI=1S/C16H22N2O2/c1-11(2)16-18-14-10-13(5-6-15(14)20-16)17-12-4-3-8-19-9-7-12/h5-6,10-12,17H,3-4,7-9H2,1-2H3. The molecule has 108 valence electrons. The van der Waals surface area contributed by atoms with Crippen molar-refractivity contribution in [3.05, 3.63) is 24.1 Å². The van der Waals surface area contributed by atoms with E-state index in [1.165, 1.54) is 0 Å². The van der Waals surface area contributed by atoms with Gasteiger partial charge in [-0.05, 0) is 37.5 Å². The lowest BCUT2D eigenvalue weighted by Crippen LogP contribution is -2.19. The number of nitrogens with zero attached hydrogens (tertiary/aromatic N) is 1. The highest BCUT2D eigenvalue weighted by Gasteiger charge is 2.14. The molecule has 1 aliphatic heterocycles. The Kier molecular flexibility index (Phi) is 3.92. The fourth-order valence-electron chi connectivity index (χ4n) is 2.57. The van der Waals surface area contributed by atoms with E-state index < -0.39 is 0 Å².